The summed E-state index contributed by atoms with van der Waals surface area (Å²) in [6.07, 6.45) is 2.45. The molecule has 7 amide bonds. The van der Waals surface area contributed by atoms with Crippen molar-refractivity contribution in [3.63, 3.8) is 0 Å². The summed E-state index contributed by atoms with van der Waals surface area (Å²) in [7, 11) is 0. The fraction of sp³-hybridized carbons (Fsp3) is 0.420. The molecule has 6 aromatic rings. The summed E-state index contributed by atoms with van der Waals surface area (Å²) in [5.41, 5.74) is 18.5. The molecule has 3 aliphatic heterocycles. The molecule has 88 heavy (non-hydrogen) atoms. The number of likely N-dealkylation sites (tertiary alicyclic amines) is 1. The lowest BCUT2D eigenvalue weighted by atomic mass is 9.85. The molecule has 4 aliphatic rings. The average Bonchev–Trinajstić information content (AvgIpc) is 2.01. The second-order valence-corrected chi connectivity index (χ2v) is 25.7. The Kier molecular flexibility index (Phi) is 19.9. The third-order valence-corrected chi connectivity index (χ3v) is 18.5. The van der Waals surface area contributed by atoms with Gasteiger partial charge in [-0.15, -0.1) is 11.3 Å². The van der Waals surface area contributed by atoms with Gasteiger partial charge in [-0.25, -0.2) is 9.78 Å². The number of thiazole rings is 1. The number of nitrogens with one attached hydrogen (secondary N) is 4. The Bertz CT molecular complexity index is 3480. The van der Waals surface area contributed by atoms with Crippen LogP contribution in [-0.2, 0) is 70.7 Å². The second-order valence-electron chi connectivity index (χ2n) is 24.9. The number of para-hydroxylation sites is 1. The number of aliphatic hydroxyl groups excluding tert-OH is 1. The largest absolute Gasteiger partial charge is 0.449 e. The highest BCUT2D eigenvalue weighted by Gasteiger charge is 2.46. The molecular weight excluding hydrogens is 1130 g/mol. The van der Waals surface area contributed by atoms with Crippen molar-refractivity contribution in [3.8, 4) is 21.6 Å². The van der Waals surface area contributed by atoms with Gasteiger partial charge in [0, 0.05) is 44.7 Å². The Morgan fingerprint density at radius 3 is 2.16 bits per heavy atom. The Balaban J connectivity index is 0.673. The van der Waals surface area contributed by atoms with Crippen LogP contribution < -0.4 is 31.9 Å². The van der Waals surface area contributed by atoms with Crippen LogP contribution in [0.25, 0.3) is 21.6 Å². The number of alkyl carbamates (subject to hydrolysis) is 1. The van der Waals surface area contributed by atoms with Crippen LogP contribution >= 0.6 is 11.3 Å². The number of aromatic nitrogens is 1. The number of anilines is 1. The molecule has 19 heteroatoms. The van der Waals surface area contributed by atoms with E-state index in [9.17, 15) is 38.7 Å². The number of carbonyl (C=O) groups is 7. The van der Waals surface area contributed by atoms with E-state index in [1.54, 1.807) is 11.3 Å². The molecule has 4 heterocycles. The van der Waals surface area contributed by atoms with E-state index in [2.05, 4.69) is 38.4 Å². The Hall–Kier alpha value is -8.26. The van der Waals surface area contributed by atoms with Crippen LogP contribution in [0.1, 0.15) is 130 Å². The topological polar surface area (TPSA) is 252 Å². The zero-order chi connectivity index (χ0) is 62.2. The lowest BCUT2D eigenvalue weighted by Crippen LogP contribution is -2.57. The minimum Gasteiger partial charge on any atom is -0.449 e. The van der Waals surface area contributed by atoms with Gasteiger partial charge in [-0.05, 0) is 113 Å². The molecule has 462 valence electrons. The molecule has 7 atom stereocenters. The molecule has 0 saturated carbocycles. The maximum absolute atomic E-state index is 14.6. The number of hydrogen-bond acceptors (Lipinski definition) is 12. The number of fused-ring (bicyclic) bond motifs is 3. The summed E-state index contributed by atoms with van der Waals surface area (Å²) in [4.78, 5) is 104. The first-order valence-corrected chi connectivity index (χ1v) is 31.6. The minimum absolute atomic E-state index is 0.00162. The average molecular weight is 1210 g/mol. The first-order valence-electron chi connectivity index (χ1n) is 30.7. The fourth-order valence-electron chi connectivity index (χ4n) is 12.7. The number of ether oxygens (including phenoxy) is 2. The number of aliphatic hydroxyl groups is 1. The van der Waals surface area contributed by atoms with Crippen LogP contribution in [0.2, 0.25) is 0 Å². The maximum atomic E-state index is 14.6. The van der Waals surface area contributed by atoms with E-state index in [0.717, 1.165) is 85.5 Å². The summed E-state index contributed by atoms with van der Waals surface area (Å²) < 4.78 is 12.2. The lowest BCUT2D eigenvalue weighted by molar-refractivity contribution is -0.144. The highest BCUT2D eigenvalue weighted by molar-refractivity contribution is 7.13. The van der Waals surface area contributed by atoms with Crippen molar-refractivity contribution in [2.24, 2.45) is 11.1 Å². The molecule has 1 fully saturated rings. The van der Waals surface area contributed by atoms with Crippen LogP contribution in [0.5, 0.6) is 0 Å². The number of rotatable bonds is 24. The van der Waals surface area contributed by atoms with E-state index in [4.69, 9.17) is 15.2 Å². The summed E-state index contributed by atoms with van der Waals surface area (Å²) >= 11 is 1.57. The van der Waals surface area contributed by atoms with Gasteiger partial charge in [-0.2, -0.15) is 0 Å². The molecule has 5 aromatic carbocycles. The zero-order valence-corrected chi connectivity index (χ0v) is 51.5. The van der Waals surface area contributed by atoms with E-state index in [1.165, 1.54) is 9.80 Å². The van der Waals surface area contributed by atoms with Crippen molar-refractivity contribution in [2.75, 3.05) is 18.1 Å². The van der Waals surface area contributed by atoms with Gasteiger partial charge in [0.2, 0.25) is 35.4 Å². The second kappa shape index (κ2) is 27.8. The van der Waals surface area contributed by atoms with E-state index in [0.29, 0.717) is 24.9 Å². The summed E-state index contributed by atoms with van der Waals surface area (Å²) in [5, 5.41) is 22.6. The van der Waals surface area contributed by atoms with Crippen molar-refractivity contribution in [1.29, 1.82) is 0 Å². The van der Waals surface area contributed by atoms with E-state index in [1.807, 2.05) is 143 Å². The first kappa shape index (κ1) is 62.8. The quantitative estimate of drug-likeness (QED) is 0.0313. The normalized spacial score (nSPS) is 18.7. The predicted molar refractivity (Wildman–Crippen MR) is 337 cm³/mol. The number of primary amides is 1. The van der Waals surface area contributed by atoms with Crippen LogP contribution in [0.3, 0.4) is 0 Å². The molecular formula is C69H80N8O10S. The number of nitrogens with two attached hydrogens (primary N) is 1. The highest BCUT2D eigenvalue weighted by atomic mass is 32.1. The van der Waals surface area contributed by atoms with Gasteiger partial charge in [0.25, 0.3) is 0 Å². The fourth-order valence-corrected chi connectivity index (χ4v) is 13.5. The first-order chi connectivity index (χ1) is 42.3. The number of β-amino-alcohol motifs (C(OH)–C–C–N with tert-alkyl or cyclic N) is 1. The number of carbonyl (C=O) groups excluding carboxylic acids is 7. The predicted octanol–water partition coefficient (Wildman–Crippen LogP) is 8.50. The Morgan fingerprint density at radius 2 is 1.48 bits per heavy atom. The standard InChI is InChI=1S/C69H80N8O10S/c1-41-62(88-40-72-41)47-28-26-44(27-29-47)36-71-64(81)57-35-49(78)37-76(57)67(84)63(69(3,4)5)75-60(80)21-8-6-7-14-43-22-24-45(25-23-43)38-86-42(2)55(32-33-59(70)79)73-65(82)58-34-48-16-13-15-46-30-31-56(66(83)77(58)61(46)48)74-68(85)87-39-54-52-19-11-9-17-50(52)51-18-10-12-20-53(51)54/h9-13,15-20,22-29,40,42,49,54-58,63,78H,6-8,14,21,30-39H2,1-5H3,(H2,70,79)(H,71,81)(H,73,82)(H,74,85)(H,75,80)/t42-,49-,55+,56+,57+,58+,63-/m1/s1. The Morgan fingerprint density at radius 1 is 0.795 bits per heavy atom. The molecule has 1 aliphatic carbocycles. The maximum Gasteiger partial charge on any atom is 0.407 e. The van der Waals surface area contributed by atoms with Crippen molar-refractivity contribution in [1.82, 2.24) is 31.2 Å². The molecule has 1 aromatic heterocycles. The number of amides is 7. The van der Waals surface area contributed by atoms with E-state index >= 15 is 0 Å². The van der Waals surface area contributed by atoms with Crippen LogP contribution in [0.15, 0.2) is 121 Å². The molecule has 18 nitrogen and oxygen atoms in total. The minimum atomic E-state index is -0.952. The lowest BCUT2D eigenvalue weighted by Gasteiger charge is -2.35. The molecule has 0 radical (unpaired) electrons. The molecule has 1 saturated heterocycles. The molecule has 0 bridgehead atoms. The van der Waals surface area contributed by atoms with Gasteiger partial charge >= 0.3 is 6.09 Å². The summed E-state index contributed by atoms with van der Waals surface area (Å²) in [6.45, 7) is 9.97. The number of benzene rings is 5. The highest BCUT2D eigenvalue weighted by Crippen LogP contribution is 2.45. The van der Waals surface area contributed by atoms with Gasteiger partial charge in [0.15, 0.2) is 0 Å². The van der Waals surface area contributed by atoms with Gasteiger partial charge in [-0.1, -0.05) is 142 Å². The molecule has 0 unspecified atom stereocenters. The van der Waals surface area contributed by atoms with E-state index < -0.39 is 77.6 Å². The Labute approximate surface area is 518 Å². The van der Waals surface area contributed by atoms with Crippen molar-refractivity contribution >= 4 is 58.6 Å². The van der Waals surface area contributed by atoms with Crippen LogP contribution in [0.4, 0.5) is 10.5 Å². The van der Waals surface area contributed by atoms with E-state index in [-0.39, 0.29) is 76.1 Å². The molecule has 10 rings (SSSR count). The van der Waals surface area contributed by atoms with Crippen molar-refractivity contribution in [2.45, 2.75) is 167 Å². The number of nitrogens with zero attached hydrogens (tertiary/aromatic N) is 3. The zero-order valence-electron chi connectivity index (χ0n) is 50.7. The smallest absolute Gasteiger partial charge is 0.407 e. The van der Waals surface area contributed by atoms with Crippen molar-refractivity contribution in [3.05, 3.63) is 165 Å². The SMILES string of the molecule is Cc1ncsc1-c1ccc(CNC(=O)[C@@H]2C[C@@H](O)CN2C(=O)[C@@H](NC(=O)CCCCCc2ccc(CO[C@H](C)[C@H](CCC(N)=O)NC(=O)[C@@H]3Cc4cccc5c4N3C(=O)[C@@H](NC(=O)OCC3c4ccccc4-c4ccccc43)CC5)cc2)C(C)(C)C)cc1. The molecule has 0 spiro atoms. The van der Waals surface area contributed by atoms with Gasteiger partial charge in [-0.3, -0.25) is 33.7 Å². The van der Waals surface area contributed by atoms with Gasteiger partial charge < -0.3 is 46.5 Å². The summed E-state index contributed by atoms with van der Waals surface area (Å²) in [6, 6.07) is 33.6. The van der Waals surface area contributed by atoms with Crippen LogP contribution in [0, 0.1) is 12.3 Å². The number of hydrogen-bond donors (Lipinski definition) is 6. The summed E-state index contributed by atoms with van der Waals surface area (Å²) in [5.74, 6) is -2.52. The third kappa shape index (κ3) is 14.7. The number of unbranched alkanes of at least 4 members (excludes halogenated alkanes) is 2. The monoisotopic (exact) mass is 1210 g/mol. The third-order valence-electron chi connectivity index (χ3n) is 17.6. The van der Waals surface area contributed by atoms with Crippen molar-refractivity contribution < 1.29 is 48.1 Å². The molecule has 7 N–H and O–H groups in total. The van der Waals surface area contributed by atoms with Crippen LogP contribution in [-0.4, -0.2) is 112 Å². The van der Waals surface area contributed by atoms with Gasteiger partial charge in [0.1, 0.15) is 30.8 Å². The van der Waals surface area contributed by atoms with Gasteiger partial charge in [0.05, 0.1) is 46.6 Å². The number of aryl methyl sites for hydroxylation is 3.